The van der Waals surface area contributed by atoms with Crippen LogP contribution >= 0.6 is 35.3 Å². The van der Waals surface area contributed by atoms with E-state index in [-0.39, 0.29) is 35.4 Å². The van der Waals surface area contributed by atoms with Crippen molar-refractivity contribution >= 4 is 41.3 Å². The maximum atomic E-state index is 5.24. The van der Waals surface area contributed by atoms with E-state index in [0.29, 0.717) is 6.54 Å². The summed E-state index contributed by atoms with van der Waals surface area (Å²) in [5.41, 5.74) is 11.7. The van der Waals surface area contributed by atoms with Crippen LogP contribution in [0.2, 0.25) is 0 Å². The van der Waals surface area contributed by atoms with Gasteiger partial charge in [-0.15, -0.1) is 35.3 Å². The second-order valence-electron chi connectivity index (χ2n) is 4.12. The first-order valence-corrected chi connectivity index (χ1v) is 5.28. The molecule has 0 radical (unpaired) electrons. The second-order valence-corrected chi connectivity index (χ2v) is 5.06. The minimum Gasteiger partial charge on any atom is -0.370 e. The standard InChI is InChI=1S/C9H16N4S.HI/c1-9(2,3)6-5-14-7(13-6)4-12-8(10)11;/h5H,4H2,1-3H3,(H4,10,11,12);1H. The molecule has 86 valence electrons. The predicted octanol–water partition coefficient (Wildman–Crippen LogP) is 1.83. The van der Waals surface area contributed by atoms with Crippen molar-refractivity contribution in [3.63, 3.8) is 0 Å². The Morgan fingerprint density at radius 1 is 1.47 bits per heavy atom. The van der Waals surface area contributed by atoms with Crippen LogP contribution in [0.15, 0.2) is 10.4 Å². The molecule has 0 saturated carbocycles. The second kappa shape index (κ2) is 5.64. The first kappa shape index (κ1) is 14.6. The lowest BCUT2D eigenvalue weighted by atomic mass is 9.93. The van der Waals surface area contributed by atoms with Gasteiger partial charge in [0.1, 0.15) is 5.01 Å². The molecular weight excluding hydrogens is 323 g/mol. The van der Waals surface area contributed by atoms with Crippen molar-refractivity contribution in [1.82, 2.24) is 4.98 Å². The topological polar surface area (TPSA) is 77.3 Å². The predicted molar refractivity (Wildman–Crippen MR) is 75.7 cm³/mol. The van der Waals surface area contributed by atoms with Gasteiger partial charge in [0.05, 0.1) is 12.2 Å². The minimum atomic E-state index is 0. The molecule has 1 aromatic heterocycles. The molecule has 1 heterocycles. The Bertz CT molecular complexity index is 336. The van der Waals surface area contributed by atoms with Crippen molar-refractivity contribution in [2.75, 3.05) is 0 Å². The monoisotopic (exact) mass is 340 g/mol. The van der Waals surface area contributed by atoms with Crippen molar-refractivity contribution in [3.8, 4) is 0 Å². The van der Waals surface area contributed by atoms with Crippen LogP contribution in [-0.2, 0) is 12.0 Å². The summed E-state index contributed by atoms with van der Waals surface area (Å²) < 4.78 is 0. The van der Waals surface area contributed by atoms with Gasteiger partial charge in [-0.1, -0.05) is 20.8 Å². The molecule has 0 fully saturated rings. The van der Waals surface area contributed by atoms with Gasteiger partial charge in [0.15, 0.2) is 5.96 Å². The fraction of sp³-hybridized carbons (Fsp3) is 0.556. The summed E-state index contributed by atoms with van der Waals surface area (Å²) in [6, 6.07) is 0. The number of hydrogen-bond acceptors (Lipinski definition) is 3. The summed E-state index contributed by atoms with van der Waals surface area (Å²) in [5.74, 6) is 0.109. The Labute approximate surface area is 111 Å². The van der Waals surface area contributed by atoms with E-state index in [1.165, 1.54) is 0 Å². The Balaban J connectivity index is 0.00000196. The summed E-state index contributed by atoms with van der Waals surface area (Å²) in [6.07, 6.45) is 0. The molecule has 4 N–H and O–H groups in total. The number of hydrogen-bond donors (Lipinski definition) is 2. The van der Waals surface area contributed by atoms with Gasteiger partial charge < -0.3 is 11.5 Å². The van der Waals surface area contributed by atoms with E-state index in [2.05, 4.69) is 36.1 Å². The van der Waals surface area contributed by atoms with Gasteiger partial charge in [-0.3, -0.25) is 0 Å². The molecule has 0 amide bonds. The first-order chi connectivity index (χ1) is 6.39. The number of guanidine groups is 1. The number of aromatic nitrogens is 1. The minimum absolute atomic E-state index is 0. The van der Waals surface area contributed by atoms with Gasteiger partial charge in [-0.2, -0.15) is 0 Å². The third-order valence-electron chi connectivity index (χ3n) is 1.72. The normalized spacial score (nSPS) is 10.6. The van der Waals surface area contributed by atoms with Crippen LogP contribution in [-0.4, -0.2) is 10.9 Å². The molecule has 0 atom stereocenters. The van der Waals surface area contributed by atoms with Gasteiger partial charge in [0.2, 0.25) is 0 Å². The molecule has 6 heteroatoms. The number of rotatable bonds is 2. The zero-order valence-electron chi connectivity index (χ0n) is 9.15. The smallest absolute Gasteiger partial charge is 0.186 e. The summed E-state index contributed by atoms with van der Waals surface area (Å²) in [6.45, 7) is 6.87. The van der Waals surface area contributed by atoms with Crippen LogP contribution in [0.1, 0.15) is 31.5 Å². The van der Waals surface area contributed by atoms with Crippen LogP contribution < -0.4 is 11.5 Å². The number of nitrogens with two attached hydrogens (primary N) is 2. The molecule has 0 aliphatic rings. The van der Waals surface area contributed by atoms with Gasteiger partial charge in [-0.05, 0) is 0 Å². The zero-order chi connectivity index (χ0) is 10.8. The zero-order valence-corrected chi connectivity index (χ0v) is 12.3. The first-order valence-electron chi connectivity index (χ1n) is 4.40. The molecular formula is C9H17IN4S. The van der Waals surface area contributed by atoms with E-state index in [1.54, 1.807) is 11.3 Å². The number of aliphatic imine (C=N–C) groups is 1. The molecule has 4 nitrogen and oxygen atoms in total. The van der Waals surface area contributed by atoms with Crippen molar-refractivity contribution in [2.24, 2.45) is 16.5 Å². The largest absolute Gasteiger partial charge is 0.370 e. The Hall–Kier alpha value is -0.370. The number of nitrogens with zero attached hydrogens (tertiary/aromatic N) is 2. The summed E-state index contributed by atoms with van der Waals surface area (Å²) in [4.78, 5) is 8.36. The third kappa shape index (κ3) is 4.78. The van der Waals surface area contributed by atoms with Crippen LogP contribution in [0.5, 0.6) is 0 Å². The highest BCUT2D eigenvalue weighted by Crippen LogP contribution is 2.23. The fourth-order valence-electron chi connectivity index (χ4n) is 0.887. The summed E-state index contributed by atoms with van der Waals surface area (Å²) in [5, 5.41) is 3.00. The lowest BCUT2D eigenvalue weighted by Gasteiger charge is -2.14. The van der Waals surface area contributed by atoms with E-state index >= 15 is 0 Å². The SMILES string of the molecule is CC(C)(C)c1csc(CN=C(N)N)n1.I. The maximum absolute atomic E-state index is 5.24. The molecule has 0 bridgehead atoms. The molecule has 15 heavy (non-hydrogen) atoms. The number of thiazole rings is 1. The molecule has 0 aromatic carbocycles. The van der Waals surface area contributed by atoms with Crippen LogP contribution in [0, 0.1) is 0 Å². The Morgan fingerprint density at radius 3 is 2.47 bits per heavy atom. The van der Waals surface area contributed by atoms with Gasteiger partial charge in [0, 0.05) is 10.8 Å². The van der Waals surface area contributed by atoms with E-state index in [9.17, 15) is 0 Å². The van der Waals surface area contributed by atoms with E-state index in [4.69, 9.17) is 11.5 Å². The molecule has 0 aliphatic carbocycles. The lowest BCUT2D eigenvalue weighted by molar-refractivity contribution is 0.571. The molecule has 1 rings (SSSR count). The van der Waals surface area contributed by atoms with Gasteiger partial charge in [0.25, 0.3) is 0 Å². The molecule has 0 unspecified atom stereocenters. The van der Waals surface area contributed by atoms with Crippen molar-refractivity contribution < 1.29 is 0 Å². The lowest BCUT2D eigenvalue weighted by Crippen LogP contribution is -2.22. The van der Waals surface area contributed by atoms with E-state index < -0.39 is 0 Å². The van der Waals surface area contributed by atoms with Crippen LogP contribution in [0.25, 0.3) is 0 Å². The average Bonchev–Trinajstić information content (AvgIpc) is 2.47. The van der Waals surface area contributed by atoms with Crippen molar-refractivity contribution in [2.45, 2.75) is 32.7 Å². The summed E-state index contributed by atoms with van der Waals surface area (Å²) >= 11 is 1.59. The quantitative estimate of drug-likeness (QED) is 0.490. The third-order valence-corrected chi connectivity index (χ3v) is 2.55. The van der Waals surface area contributed by atoms with Crippen LogP contribution in [0.3, 0.4) is 0 Å². The molecule has 0 spiro atoms. The highest BCUT2D eigenvalue weighted by Gasteiger charge is 2.16. The van der Waals surface area contributed by atoms with E-state index in [0.717, 1.165) is 10.7 Å². The van der Waals surface area contributed by atoms with Gasteiger partial charge in [-0.25, -0.2) is 9.98 Å². The maximum Gasteiger partial charge on any atom is 0.186 e. The Morgan fingerprint density at radius 2 is 2.07 bits per heavy atom. The highest BCUT2D eigenvalue weighted by atomic mass is 127. The molecule has 0 aliphatic heterocycles. The average molecular weight is 340 g/mol. The Kier molecular flexibility index (Phi) is 5.50. The van der Waals surface area contributed by atoms with Crippen LogP contribution in [0.4, 0.5) is 0 Å². The van der Waals surface area contributed by atoms with Crippen molar-refractivity contribution in [1.29, 1.82) is 0 Å². The highest BCUT2D eigenvalue weighted by molar-refractivity contribution is 14.0. The van der Waals surface area contributed by atoms with E-state index in [1.807, 2.05) is 0 Å². The fourth-order valence-corrected chi connectivity index (χ4v) is 1.83. The summed E-state index contributed by atoms with van der Waals surface area (Å²) in [7, 11) is 0. The number of halogens is 1. The van der Waals surface area contributed by atoms with Gasteiger partial charge >= 0.3 is 0 Å². The van der Waals surface area contributed by atoms with Crippen molar-refractivity contribution in [3.05, 3.63) is 16.1 Å². The molecule has 0 saturated heterocycles. The molecule has 1 aromatic rings.